The van der Waals surface area contributed by atoms with E-state index in [1.165, 1.54) is 6.92 Å². The lowest BCUT2D eigenvalue weighted by molar-refractivity contribution is -0.138. The molecule has 0 bridgehead atoms. The third kappa shape index (κ3) is 3.39. The van der Waals surface area contributed by atoms with Crippen LogP contribution in [0.2, 0.25) is 0 Å². The van der Waals surface area contributed by atoms with Crippen molar-refractivity contribution in [1.29, 1.82) is 0 Å². The molecular weight excluding hydrogens is 200 g/mol. The Balaban J connectivity index is 2.38. The lowest BCUT2D eigenvalue weighted by Crippen LogP contribution is -2.53. The van der Waals surface area contributed by atoms with Gasteiger partial charge in [-0.15, -0.1) is 0 Å². The smallest absolute Gasteiger partial charge is 0.325 e. The number of aliphatic carboxylic acids is 1. The van der Waals surface area contributed by atoms with Crippen molar-refractivity contribution in [2.24, 2.45) is 0 Å². The Kier molecular flexibility index (Phi) is 3.52. The molecule has 1 aliphatic rings. The molecule has 0 saturated carbocycles. The van der Waals surface area contributed by atoms with Gasteiger partial charge in [0.25, 0.3) is 0 Å². The Morgan fingerprint density at radius 1 is 1.53 bits per heavy atom. The summed E-state index contributed by atoms with van der Waals surface area (Å²) >= 11 is 0. The van der Waals surface area contributed by atoms with Gasteiger partial charge in [-0.05, 0) is 20.3 Å². The molecule has 0 aromatic carbocycles. The van der Waals surface area contributed by atoms with Crippen LogP contribution in [0.25, 0.3) is 0 Å². The predicted octanol–water partition coefficient (Wildman–Crippen LogP) is -0.0623. The van der Waals surface area contributed by atoms with Crippen molar-refractivity contribution >= 4 is 12.0 Å². The lowest BCUT2D eigenvalue weighted by atomic mass is 10.0. The van der Waals surface area contributed by atoms with Crippen LogP contribution in [0.4, 0.5) is 4.79 Å². The van der Waals surface area contributed by atoms with Crippen LogP contribution < -0.4 is 10.6 Å². The van der Waals surface area contributed by atoms with Crippen molar-refractivity contribution < 1.29 is 19.4 Å². The van der Waals surface area contributed by atoms with Gasteiger partial charge in [-0.1, -0.05) is 0 Å². The van der Waals surface area contributed by atoms with Crippen molar-refractivity contribution in [3.05, 3.63) is 0 Å². The number of ether oxygens (including phenoxy) is 1. The second kappa shape index (κ2) is 4.48. The van der Waals surface area contributed by atoms with E-state index >= 15 is 0 Å². The standard InChI is InChI=1S/C9H16N2O4/c1-6(7(12)13)10-8(14)11-9(2)3-4-15-5-9/h6H,3-5H2,1-2H3,(H,12,13)(H2,10,11,14)/t6-,9?/m1/s1. The maximum atomic E-state index is 11.4. The molecule has 1 unspecified atom stereocenters. The van der Waals surface area contributed by atoms with Gasteiger partial charge < -0.3 is 20.5 Å². The van der Waals surface area contributed by atoms with Crippen molar-refractivity contribution in [3.8, 4) is 0 Å². The van der Waals surface area contributed by atoms with Gasteiger partial charge >= 0.3 is 12.0 Å². The fraction of sp³-hybridized carbons (Fsp3) is 0.778. The first-order valence-corrected chi connectivity index (χ1v) is 4.82. The van der Waals surface area contributed by atoms with Crippen LogP contribution in [-0.4, -0.2) is 41.9 Å². The van der Waals surface area contributed by atoms with Crippen molar-refractivity contribution in [3.63, 3.8) is 0 Å². The van der Waals surface area contributed by atoms with Gasteiger partial charge in [0, 0.05) is 6.61 Å². The minimum absolute atomic E-state index is 0.387. The largest absolute Gasteiger partial charge is 0.480 e. The Labute approximate surface area is 88.0 Å². The van der Waals surface area contributed by atoms with Crippen LogP contribution in [0.1, 0.15) is 20.3 Å². The van der Waals surface area contributed by atoms with E-state index in [1.807, 2.05) is 6.92 Å². The quantitative estimate of drug-likeness (QED) is 0.616. The minimum Gasteiger partial charge on any atom is -0.480 e. The second-order valence-electron chi connectivity index (χ2n) is 4.02. The fourth-order valence-electron chi connectivity index (χ4n) is 1.33. The number of rotatable bonds is 3. The molecule has 6 heteroatoms. The summed E-state index contributed by atoms with van der Waals surface area (Å²) in [5, 5.41) is 13.6. The van der Waals surface area contributed by atoms with Gasteiger partial charge in [0.05, 0.1) is 12.1 Å². The molecule has 3 N–H and O–H groups in total. The summed E-state index contributed by atoms with van der Waals surface area (Å²) in [7, 11) is 0. The molecule has 0 aromatic rings. The average Bonchev–Trinajstić information content (AvgIpc) is 2.50. The molecule has 0 aliphatic carbocycles. The number of hydrogen-bond donors (Lipinski definition) is 3. The number of carboxylic acids is 1. The lowest BCUT2D eigenvalue weighted by Gasteiger charge is -2.24. The van der Waals surface area contributed by atoms with Gasteiger partial charge in [-0.2, -0.15) is 0 Å². The van der Waals surface area contributed by atoms with Crippen LogP contribution >= 0.6 is 0 Å². The van der Waals surface area contributed by atoms with E-state index in [0.717, 1.165) is 6.42 Å². The van der Waals surface area contributed by atoms with Crippen LogP contribution in [0.15, 0.2) is 0 Å². The van der Waals surface area contributed by atoms with Crippen LogP contribution in [0.5, 0.6) is 0 Å². The minimum atomic E-state index is -1.06. The van der Waals surface area contributed by atoms with E-state index in [9.17, 15) is 9.59 Å². The Hall–Kier alpha value is -1.30. The summed E-state index contributed by atoms with van der Waals surface area (Å²) in [6.07, 6.45) is 0.738. The molecule has 1 rings (SSSR count). The van der Waals surface area contributed by atoms with E-state index < -0.39 is 18.0 Å². The predicted molar refractivity (Wildman–Crippen MR) is 52.6 cm³/mol. The van der Waals surface area contributed by atoms with Gasteiger partial charge in [-0.25, -0.2) is 4.79 Å². The molecule has 1 heterocycles. The molecule has 0 radical (unpaired) electrons. The number of nitrogens with one attached hydrogen (secondary N) is 2. The number of amides is 2. The first-order valence-electron chi connectivity index (χ1n) is 4.82. The van der Waals surface area contributed by atoms with E-state index in [0.29, 0.717) is 13.2 Å². The van der Waals surface area contributed by atoms with Crippen LogP contribution in [-0.2, 0) is 9.53 Å². The first-order chi connectivity index (χ1) is 6.93. The van der Waals surface area contributed by atoms with Gasteiger partial charge in [0.2, 0.25) is 0 Å². The molecule has 1 fully saturated rings. The highest BCUT2D eigenvalue weighted by Gasteiger charge is 2.31. The highest BCUT2D eigenvalue weighted by atomic mass is 16.5. The van der Waals surface area contributed by atoms with Crippen molar-refractivity contribution in [2.75, 3.05) is 13.2 Å². The summed E-state index contributed by atoms with van der Waals surface area (Å²) in [5.41, 5.74) is -0.387. The number of hydrogen-bond acceptors (Lipinski definition) is 3. The highest BCUT2D eigenvalue weighted by Crippen LogP contribution is 2.16. The van der Waals surface area contributed by atoms with Gasteiger partial charge in [-0.3, -0.25) is 4.79 Å². The van der Waals surface area contributed by atoms with Crippen molar-refractivity contribution in [2.45, 2.75) is 31.8 Å². The molecule has 6 nitrogen and oxygen atoms in total. The normalized spacial score (nSPS) is 27.1. The Bertz CT molecular complexity index is 261. The van der Waals surface area contributed by atoms with E-state index in [-0.39, 0.29) is 5.54 Å². The number of carbonyl (C=O) groups is 2. The van der Waals surface area contributed by atoms with E-state index in [2.05, 4.69) is 10.6 Å². The third-order valence-electron chi connectivity index (χ3n) is 2.35. The zero-order chi connectivity index (χ0) is 11.5. The summed E-state index contributed by atoms with van der Waals surface area (Å²) in [6, 6.07) is -1.37. The van der Waals surface area contributed by atoms with E-state index in [1.54, 1.807) is 0 Å². The number of carboxylic acid groups (broad SMARTS) is 1. The van der Waals surface area contributed by atoms with Crippen LogP contribution in [0, 0.1) is 0 Å². The number of carbonyl (C=O) groups excluding carboxylic acids is 1. The second-order valence-corrected chi connectivity index (χ2v) is 4.02. The summed E-state index contributed by atoms with van der Waals surface area (Å²) in [4.78, 5) is 21.9. The maximum absolute atomic E-state index is 11.4. The zero-order valence-electron chi connectivity index (χ0n) is 8.87. The third-order valence-corrected chi connectivity index (χ3v) is 2.35. The topological polar surface area (TPSA) is 87.7 Å². The molecular formula is C9H16N2O4. The molecule has 1 saturated heterocycles. The summed E-state index contributed by atoms with van der Waals surface area (Å²) in [6.45, 7) is 4.35. The van der Waals surface area contributed by atoms with Gasteiger partial charge in [0.1, 0.15) is 6.04 Å². The SMILES string of the molecule is C[C@@H](NC(=O)NC1(C)CCOC1)C(=O)O. The average molecular weight is 216 g/mol. The molecule has 86 valence electrons. The molecule has 15 heavy (non-hydrogen) atoms. The molecule has 2 amide bonds. The Morgan fingerprint density at radius 3 is 2.67 bits per heavy atom. The maximum Gasteiger partial charge on any atom is 0.325 e. The first kappa shape index (κ1) is 11.8. The van der Waals surface area contributed by atoms with E-state index in [4.69, 9.17) is 9.84 Å². The highest BCUT2D eigenvalue weighted by molar-refractivity contribution is 5.82. The monoisotopic (exact) mass is 216 g/mol. The molecule has 0 aromatic heterocycles. The Morgan fingerprint density at radius 2 is 2.20 bits per heavy atom. The molecule has 0 spiro atoms. The number of urea groups is 1. The summed E-state index contributed by atoms with van der Waals surface area (Å²) in [5.74, 6) is -1.06. The summed E-state index contributed by atoms with van der Waals surface area (Å²) < 4.78 is 5.15. The van der Waals surface area contributed by atoms with Crippen molar-refractivity contribution in [1.82, 2.24) is 10.6 Å². The van der Waals surface area contributed by atoms with Gasteiger partial charge in [0.15, 0.2) is 0 Å². The van der Waals surface area contributed by atoms with Crippen LogP contribution in [0.3, 0.4) is 0 Å². The molecule has 2 atom stereocenters. The fourth-order valence-corrected chi connectivity index (χ4v) is 1.33. The molecule has 1 aliphatic heterocycles. The zero-order valence-corrected chi connectivity index (χ0v) is 8.87.